The molecule has 0 aliphatic carbocycles. The number of sulfone groups is 1. The Hall–Kier alpha value is -1.70. The second kappa shape index (κ2) is 5.30. The zero-order valence-electron chi connectivity index (χ0n) is 10.4. The number of hydrogen-bond donors (Lipinski definition) is 1. The molecule has 0 fully saturated rings. The average Bonchev–Trinajstić information content (AvgIpc) is 2.13. The van der Waals surface area contributed by atoms with E-state index < -0.39 is 14.8 Å². The molecule has 18 heavy (non-hydrogen) atoms. The van der Waals surface area contributed by atoms with Crippen LogP contribution in [-0.4, -0.2) is 36.4 Å². The van der Waals surface area contributed by atoms with Crippen LogP contribution >= 0.6 is 0 Å². The highest BCUT2D eigenvalue weighted by Gasteiger charge is 2.14. The third-order valence-corrected chi connectivity index (χ3v) is 3.31. The number of anilines is 1. The van der Waals surface area contributed by atoms with Crippen LogP contribution in [0.2, 0.25) is 0 Å². The van der Waals surface area contributed by atoms with Gasteiger partial charge in [-0.3, -0.25) is 10.1 Å². The fourth-order valence-electron chi connectivity index (χ4n) is 1.58. The van der Waals surface area contributed by atoms with Gasteiger partial charge in [0.2, 0.25) is 0 Å². The summed E-state index contributed by atoms with van der Waals surface area (Å²) >= 11 is 0. The largest absolute Gasteiger partial charge is 0.367 e. The minimum Gasteiger partial charge on any atom is -0.367 e. The first-order valence-corrected chi connectivity index (χ1v) is 7.31. The highest BCUT2D eigenvalue weighted by molar-refractivity contribution is 7.90. The molecule has 0 aliphatic heterocycles. The lowest BCUT2D eigenvalue weighted by Crippen LogP contribution is -2.25. The zero-order valence-corrected chi connectivity index (χ0v) is 11.2. The first kappa shape index (κ1) is 14.4. The molecule has 1 heterocycles. The third-order valence-electron chi connectivity index (χ3n) is 2.20. The molecule has 0 spiro atoms. The molecule has 0 amide bonds. The highest BCUT2D eigenvalue weighted by atomic mass is 32.2. The lowest BCUT2D eigenvalue weighted by Gasteiger charge is -2.13. The predicted octanol–water partition coefficient (Wildman–Crippen LogP) is 1.14. The van der Waals surface area contributed by atoms with Gasteiger partial charge in [-0.25, -0.2) is 13.4 Å². The van der Waals surface area contributed by atoms with E-state index in [0.717, 1.165) is 6.26 Å². The third kappa shape index (κ3) is 4.28. The van der Waals surface area contributed by atoms with Gasteiger partial charge in [0.15, 0.2) is 0 Å². The maximum absolute atomic E-state index is 11.1. The van der Waals surface area contributed by atoms with E-state index in [4.69, 9.17) is 0 Å². The van der Waals surface area contributed by atoms with Crippen LogP contribution in [0, 0.1) is 17.0 Å². The molecular weight excluding hydrogens is 258 g/mol. The van der Waals surface area contributed by atoms with Crippen molar-refractivity contribution in [2.75, 3.05) is 17.3 Å². The van der Waals surface area contributed by atoms with E-state index in [2.05, 4.69) is 10.3 Å². The predicted molar refractivity (Wildman–Crippen MR) is 68.4 cm³/mol. The van der Waals surface area contributed by atoms with Crippen LogP contribution in [0.5, 0.6) is 0 Å². The lowest BCUT2D eigenvalue weighted by atomic mass is 10.3. The van der Waals surface area contributed by atoms with Gasteiger partial charge in [0.05, 0.1) is 10.7 Å². The van der Waals surface area contributed by atoms with Crippen LogP contribution in [0.1, 0.15) is 12.6 Å². The van der Waals surface area contributed by atoms with Crippen LogP contribution in [0.15, 0.2) is 12.1 Å². The highest BCUT2D eigenvalue weighted by Crippen LogP contribution is 2.18. The minimum atomic E-state index is -3.07. The summed E-state index contributed by atoms with van der Waals surface area (Å²) in [6.07, 6.45) is 1.15. The lowest BCUT2D eigenvalue weighted by molar-refractivity contribution is -0.385. The maximum atomic E-state index is 11.1. The molecule has 1 aromatic heterocycles. The topological polar surface area (TPSA) is 102 Å². The summed E-state index contributed by atoms with van der Waals surface area (Å²) in [5.74, 6) is 0.402. The Morgan fingerprint density at radius 2 is 2.11 bits per heavy atom. The Morgan fingerprint density at radius 1 is 1.50 bits per heavy atom. The van der Waals surface area contributed by atoms with Gasteiger partial charge in [-0.05, 0) is 19.9 Å². The van der Waals surface area contributed by atoms with Crippen LogP contribution in [0.4, 0.5) is 11.5 Å². The Kier molecular flexibility index (Phi) is 4.23. The quantitative estimate of drug-likeness (QED) is 0.637. The molecule has 0 saturated heterocycles. The number of aryl methyl sites for hydroxylation is 1. The standard InChI is InChI=1S/C10H15N3O4S/c1-7(6-18(3,16)17)11-10-5-4-9(13(14)15)8(2)12-10/h4-5,7H,6H2,1-3H3,(H,11,12). The Morgan fingerprint density at radius 3 is 2.56 bits per heavy atom. The molecule has 0 bridgehead atoms. The van der Waals surface area contributed by atoms with Crippen LogP contribution in [0.3, 0.4) is 0 Å². The van der Waals surface area contributed by atoms with E-state index in [1.807, 2.05) is 0 Å². The van der Waals surface area contributed by atoms with Crippen molar-refractivity contribution in [2.45, 2.75) is 19.9 Å². The summed E-state index contributed by atoms with van der Waals surface area (Å²) in [6, 6.07) is 2.50. The monoisotopic (exact) mass is 273 g/mol. The first-order chi connectivity index (χ1) is 8.19. The smallest absolute Gasteiger partial charge is 0.290 e. The minimum absolute atomic E-state index is 0.0231. The molecule has 100 valence electrons. The van der Waals surface area contributed by atoms with E-state index >= 15 is 0 Å². The average molecular weight is 273 g/mol. The molecule has 8 heteroatoms. The van der Waals surface area contributed by atoms with Crippen molar-refractivity contribution in [3.63, 3.8) is 0 Å². The number of nitrogens with one attached hydrogen (secondary N) is 1. The zero-order chi connectivity index (χ0) is 13.9. The Balaban J connectivity index is 2.81. The van der Waals surface area contributed by atoms with Gasteiger partial charge in [-0.2, -0.15) is 0 Å². The van der Waals surface area contributed by atoms with E-state index in [0.29, 0.717) is 5.82 Å². The van der Waals surface area contributed by atoms with Gasteiger partial charge in [-0.15, -0.1) is 0 Å². The van der Waals surface area contributed by atoms with E-state index in [1.165, 1.54) is 19.1 Å². The normalized spacial score (nSPS) is 13.1. The van der Waals surface area contributed by atoms with Crippen LogP contribution in [-0.2, 0) is 9.84 Å². The second-order valence-corrected chi connectivity index (χ2v) is 6.38. The summed E-state index contributed by atoms with van der Waals surface area (Å²) in [4.78, 5) is 14.1. The van der Waals surface area contributed by atoms with E-state index in [9.17, 15) is 18.5 Å². The molecule has 0 saturated carbocycles. The molecule has 1 atom stereocenters. The number of pyridine rings is 1. The van der Waals surface area contributed by atoms with Crippen LogP contribution in [0.25, 0.3) is 0 Å². The molecule has 1 rings (SSSR count). The van der Waals surface area contributed by atoms with Crippen molar-refractivity contribution in [1.29, 1.82) is 0 Å². The van der Waals surface area contributed by atoms with Crippen molar-refractivity contribution < 1.29 is 13.3 Å². The van der Waals surface area contributed by atoms with Crippen molar-refractivity contribution >= 4 is 21.3 Å². The van der Waals surface area contributed by atoms with Gasteiger partial charge in [-0.1, -0.05) is 0 Å². The second-order valence-electron chi connectivity index (χ2n) is 4.20. The van der Waals surface area contributed by atoms with Crippen molar-refractivity contribution in [3.05, 3.63) is 27.9 Å². The molecule has 1 unspecified atom stereocenters. The van der Waals surface area contributed by atoms with Gasteiger partial charge in [0, 0.05) is 18.4 Å². The summed E-state index contributed by atoms with van der Waals surface area (Å²) in [5, 5.41) is 13.5. The van der Waals surface area contributed by atoms with E-state index in [-0.39, 0.29) is 23.2 Å². The van der Waals surface area contributed by atoms with Crippen molar-refractivity contribution in [1.82, 2.24) is 4.98 Å². The van der Waals surface area contributed by atoms with Crippen molar-refractivity contribution in [2.24, 2.45) is 0 Å². The number of hydrogen-bond acceptors (Lipinski definition) is 6. The van der Waals surface area contributed by atoms with Gasteiger partial charge >= 0.3 is 0 Å². The fourth-order valence-corrected chi connectivity index (χ4v) is 2.57. The molecule has 1 aromatic rings. The SMILES string of the molecule is Cc1nc(NC(C)CS(C)(=O)=O)ccc1[N+](=O)[O-]. The Bertz CT molecular complexity index is 556. The molecule has 0 aromatic carbocycles. The fraction of sp³-hybridized carbons (Fsp3) is 0.500. The maximum Gasteiger partial charge on any atom is 0.290 e. The number of rotatable bonds is 5. The van der Waals surface area contributed by atoms with Crippen LogP contribution < -0.4 is 5.32 Å². The van der Waals surface area contributed by atoms with Crippen molar-refractivity contribution in [3.8, 4) is 0 Å². The summed E-state index contributed by atoms with van der Waals surface area (Å²) in [7, 11) is -3.07. The van der Waals surface area contributed by atoms with E-state index in [1.54, 1.807) is 6.92 Å². The molecular formula is C10H15N3O4S. The summed E-state index contributed by atoms with van der Waals surface area (Å²) in [5.41, 5.74) is 0.230. The Labute approximate surface area is 105 Å². The summed E-state index contributed by atoms with van der Waals surface area (Å²) < 4.78 is 22.2. The molecule has 0 aliphatic rings. The molecule has 0 radical (unpaired) electrons. The van der Waals surface area contributed by atoms with Gasteiger partial charge in [0.1, 0.15) is 21.3 Å². The number of aromatic nitrogens is 1. The first-order valence-electron chi connectivity index (χ1n) is 5.25. The number of nitrogens with zero attached hydrogens (tertiary/aromatic N) is 2. The molecule has 1 N–H and O–H groups in total. The van der Waals surface area contributed by atoms with Gasteiger partial charge < -0.3 is 5.32 Å². The number of nitro groups is 1. The summed E-state index contributed by atoms with van der Waals surface area (Å²) in [6.45, 7) is 3.24. The molecule has 7 nitrogen and oxygen atoms in total. The van der Waals surface area contributed by atoms with Gasteiger partial charge in [0.25, 0.3) is 5.69 Å².